The summed E-state index contributed by atoms with van der Waals surface area (Å²) in [6.07, 6.45) is 3.02. The number of thioether (sulfide) groups is 1. The predicted octanol–water partition coefficient (Wildman–Crippen LogP) is 6.94. The highest BCUT2D eigenvalue weighted by Crippen LogP contribution is 2.42. The van der Waals surface area contributed by atoms with Crippen molar-refractivity contribution in [1.82, 2.24) is 4.90 Å². The number of ether oxygens (including phenoxy) is 1. The molecule has 2 saturated heterocycles. The number of piperidine rings is 1. The Morgan fingerprint density at radius 1 is 0.750 bits per heavy atom. The van der Waals surface area contributed by atoms with Crippen LogP contribution >= 0.6 is 11.8 Å². The van der Waals surface area contributed by atoms with Crippen LogP contribution in [0.15, 0.2) is 120 Å². The number of hydrogen-bond acceptors (Lipinski definition) is 4. The second-order valence-corrected chi connectivity index (χ2v) is 12.5. The quantitative estimate of drug-likeness (QED) is 0.217. The lowest BCUT2D eigenvalue weighted by Crippen LogP contribution is -2.48. The number of nitrogens with zero attached hydrogens (tertiary/aromatic N) is 1. The Hall–Kier alpha value is -2.89. The van der Waals surface area contributed by atoms with E-state index in [1.165, 1.54) is 16.0 Å². The molecule has 0 atom stereocenters. The molecule has 2 aliphatic rings. The van der Waals surface area contributed by atoms with Crippen molar-refractivity contribution >= 4 is 11.8 Å². The highest BCUT2D eigenvalue weighted by Gasteiger charge is 2.42. The molecule has 2 heterocycles. The molecule has 0 aromatic heterocycles. The van der Waals surface area contributed by atoms with Gasteiger partial charge in [0.05, 0.1) is 18.6 Å². The Balaban J connectivity index is 1.05. The summed E-state index contributed by atoms with van der Waals surface area (Å²) in [6.45, 7) is 4.70. The summed E-state index contributed by atoms with van der Waals surface area (Å²) in [4.78, 5) is 3.89. The van der Waals surface area contributed by atoms with Crippen molar-refractivity contribution in [1.29, 1.82) is 0 Å². The van der Waals surface area contributed by atoms with Gasteiger partial charge in [-0.3, -0.25) is 0 Å². The first-order valence-corrected chi connectivity index (χ1v) is 15.6. The molecule has 0 unspecified atom stereocenters. The fourth-order valence-corrected chi connectivity index (χ4v) is 7.45. The van der Waals surface area contributed by atoms with Crippen LogP contribution in [0.3, 0.4) is 0 Å². The van der Waals surface area contributed by atoms with Crippen molar-refractivity contribution in [2.75, 3.05) is 38.6 Å². The molecule has 3 nitrogen and oxygen atoms in total. The molecule has 0 aliphatic carbocycles. The first kappa shape index (κ1) is 27.3. The van der Waals surface area contributed by atoms with E-state index in [1.54, 1.807) is 0 Å². The van der Waals surface area contributed by atoms with E-state index in [2.05, 4.69) is 83.8 Å². The van der Waals surface area contributed by atoms with Crippen LogP contribution in [-0.2, 0) is 22.2 Å². The van der Waals surface area contributed by atoms with Crippen molar-refractivity contribution in [3.63, 3.8) is 0 Å². The Morgan fingerprint density at radius 3 is 1.82 bits per heavy atom. The molecular formula is C36H39NO2S. The first-order valence-electron chi connectivity index (χ1n) is 14.6. The van der Waals surface area contributed by atoms with Crippen LogP contribution < -0.4 is 0 Å². The fourth-order valence-electron chi connectivity index (χ4n) is 6.33. The maximum atomic E-state index is 12.2. The maximum Gasteiger partial charge on any atom is 0.117 e. The fraction of sp³-hybridized carbons (Fsp3) is 0.333. The third-order valence-corrected chi connectivity index (χ3v) is 10.2. The number of likely N-dealkylation sites (tertiary alicyclic amines) is 1. The number of hydrogen-bond donors (Lipinski definition) is 1. The smallest absolute Gasteiger partial charge is 0.117 e. The molecule has 206 valence electrons. The van der Waals surface area contributed by atoms with Gasteiger partial charge in [-0.2, -0.15) is 0 Å². The summed E-state index contributed by atoms with van der Waals surface area (Å²) in [5, 5.41) is 12.2. The van der Waals surface area contributed by atoms with E-state index in [1.807, 2.05) is 48.2 Å². The van der Waals surface area contributed by atoms with Crippen LogP contribution in [0.1, 0.15) is 35.1 Å². The highest BCUT2D eigenvalue weighted by atomic mass is 32.2. The lowest BCUT2D eigenvalue weighted by Gasteiger charge is -2.42. The lowest BCUT2D eigenvalue weighted by atomic mass is 9.72. The summed E-state index contributed by atoms with van der Waals surface area (Å²) >= 11 is 1.93. The lowest BCUT2D eigenvalue weighted by molar-refractivity contribution is -0.0472. The Labute approximate surface area is 243 Å². The maximum absolute atomic E-state index is 12.2. The third-order valence-electron chi connectivity index (χ3n) is 8.90. The second kappa shape index (κ2) is 12.3. The van der Waals surface area contributed by atoms with Gasteiger partial charge in [0.1, 0.15) is 5.60 Å². The molecule has 0 saturated carbocycles. The van der Waals surface area contributed by atoms with Crippen LogP contribution in [0.4, 0.5) is 0 Å². The zero-order valence-electron chi connectivity index (χ0n) is 23.1. The predicted molar refractivity (Wildman–Crippen MR) is 165 cm³/mol. The molecule has 0 radical (unpaired) electrons. The van der Waals surface area contributed by atoms with Crippen molar-refractivity contribution in [2.24, 2.45) is 5.92 Å². The summed E-state index contributed by atoms with van der Waals surface area (Å²) in [5.74, 6) is 1.24. The largest absolute Gasteiger partial charge is 0.380 e. The average Bonchev–Trinajstić information content (AvgIpc) is 3.01. The molecule has 6 rings (SSSR count). The monoisotopic (exact) mass is 549 g/mol. The molecule has 0 bridgehead atoms. The second-order valence-electron chi connectivity index (χ2n) is 11.4. The molecule has 0 amide bonds. The van der Waals surface area contributed by atoms with Gasteiger partial charge in [0.2, 0.25) is 0 Å². The van der Waals surface area contributed by atoms with Crippen molar-refractivity contribution in [3.8, 4) is 0 Å². The first-order chi connectivity index (χ1) is 19.7. The molecule has 2 aliphatic heterocycles. The molecule has 1 N–H and O–H groups in total. The van der Waals surface area contributed by atoms with E-state index in [9.17, 15) is 5.11 Å². The van der Waals surface area contributed by atoms with Crippen LogP contribution in [0.2, 0.25) is 0 Å². The molecule has 40 heavy (non-hydrogen) atoms. The highest BCUT2D eigenvalue weighted by molar-refractivity contribution is 7.99. The minimum absolute atomic E-state index is 0.120. The topological polar surface area (TPSA) is 32.7 Å². The van der Waals surface area contributed by atoms with E-state index >= 15 is 0 Å². The summed E-state index contributed by atoms with van der Waals surface area (Å²) in [7, 11) is 0. The van der Waals surface area contributed by atoms with Gasteiger partial charge < -0.3 is 14.7 Å². The van der Waals surface area contributed by atoms with Gasteiger partial charge in [-0.15, -0.1) is 11.8 Å². The average molecular weight is 550 g/mol. The van der Waals surface area contributed by atoms with Gasteiger partial charge in [-0.05, 0) is 72.7 Å². The van der Waals surface area contributed by atoms with E-state index in [0.717, 1.165) is 69.0 Å². The molecule has 0 spiro atoms. The third kappa shape index (κ3) is 5.77. The van der Waals surface area contributed by atoms with Gasteiger partial charge >= 0.3 is 0 Å². The Kier molecular flexibility index (Phi) is 8.40. The zero-order chi connectivity index (χ0) is 27.3. The molecule has 4 aromatic carbocycles. The summed E-state index contributed by atoms with van der Waals surface area (Å²) in [6, 6.07) is 40.4. The number of benzene rings is 4. The van der Waals surface area contributed by atoms with E-state index < -0.39 is 5.60 Å². The van der Waals surface area contributed by atoms with E-state index in [-0.39, 0.29) is 11.3 Å². The minimum atomic E-state index is -0.954. The standard InChI is InChI=1S/C36H39NO2S/c38-36(31-10-4-1-5-11-31,32-12-6-2-7-13-32)33-21-24-37(25-22-33)23-20-29-16-18-30(19-17-29)35(26-39-27-35)28-40-34-14-8-3-9-15-34/h1-19,33,38H,20-28H2. The molecule has 2 fully saturated rings. The summed E-state index contributed by atoms with van der Waals surface area (Å²) < 4.78 is 5.69. The Morgan fingerprint density at radius 2 is 1.30 bits per heavy atom. The van der Waals surface area contributed by atoms with Crippen LogP contribution in [-0.4, -0.2) is 48.6 Å². The van der Waals surface area contributed by atoms with Gasteiger partial charge in [0, 0.05) is 17.2 Å². The van der Waals surface area contributed by atoms with Crippen molar-refractivity contribution in [2.45, 2.75) is 35.2 Å². The van der Waals surface area contributed by atoms with Gasteiger partial charge in [-0.25, -0.2) is 0 Å². The van der Waals surface area contributed by atoms with E-state index in [0.29, 0.717) is 0 Å². The van der Waals surface area contributed by atoms with Crippen molar-refractivity contribution in [3.05, 3.63) is 138 Å². The number of aliphatic hydroxyl groups is 1. The van der Waals surface area contributed by atoms with Crippen LogP contribution in [0.5, 0.6) is 0 Å². The van der Waals surface area contributed by atoms with E-state index in [4.69, 9.17) is 4.74 Å². The normalized spacial score (nSPS) is 17.8. The van der Waals surface area contributed by atoms with Gasteiger partial charge in [0.15, 0.2) is 0 Å². The van der Waals surface area contributed by atoms with Gasteiger partial charge in [-0.1, -0.05) is 103 Å². The SMILES string of the molecule is OC(c1ccccc1)(c1ccccc1)C1CCN(CCc2ccc(C3(CSc4ccccc4)COC3)cc2)CC1. The summed E-state index contributed by atoms with van der Waals surface area (Å²) in [5.41, 5.74) is 3.95. The van der Waals surface area contributed by atoms with Crippen molar-refractivity contribution < 1.29 is 9.84 Å². The molecule has 4 heteroatoms. The minimum Gasteiger partial charge on any atom is -0.380 e. The molecule has 4 aromatic rings. The molecular weight excluding hydrogens is 510 g/mol. The zero-order valence-corrected chi connectivity index (χ0v) is 23.9. The number of rotatable bonds is 10. The van der Waals surface area contributed by atoms with Gasteiger partial charge in [0.25, 0.3) is 0 Å². The van der Waals surface area contributed by atoms with Crippen LogP contribution in [0.25, 0.3) is 0 Å². The Bertz CT molecular complexity index is 1290. The van der Waals surface area contributed by atoms with Crippen LogP contribution in [0, 0.1) is 5.92 Å².